The first kappa shape index (κ1) is 12.0. The summed E-state index contributed by atoms with van der Waals surface area (Å²) in [6.45, 7) is 3.40. The Morgan fingerprint density at radius 1 is 1.33 bits per heavy atom. The second kappa shape index (κ2) is 4.41. The van der Waals surface area contributed by atoms with E-state index in [4.69, 9.17) is 5.26 Å². The van der Waals surface area contributed by atoms with Crippen LogP contribution in [0.1, 0.15) is 16.8 Å². The van der Waals surface area contributed by atoms with Gasteiger partial charge in [0.2, 0.25) is 0 Å². The first-order chi connectivity index (χ1) is 8.52. The number of nitriles is 1. The van der Waals surface area contributed by atoms with E-state index in [0.29, 0.717) is 11.3 Å². The van der Waals surface area contributed by atoms with Crippen LogP contribution in [0.25, 0.3) is 5.69 Å². The van der Waals surface area contributed by atoms with E-state index < -0.39 is 11.4 Å². The monoisotopic (exact) mass is 243 g/mol. The molecule has 0 saturated heterocycles. The second-order valence-corrected chi connectivity index (χ2v) is 3.96. The van der Waals surface area contributed by atoms with Crippen molar-refractivity contribution < 1.29 is 4.39 Å². The first-order valence-electron chi connectivity index (χ1n) is 5.30. The van der Waals surface area contributed by atoms with Gasteiger partial charge in [0.15, 0.2) is 0 Å². The average Bonchev–Trinajstić information content (AvgIpc) is 2.35. The van der Waals surface area contributed by atoms with Crippen molar-refractivity contribution in [1.29, 1.82) is 5.26 Å². The maximum absolute atomic E-state index is 13.9. The van der Waals surface area contributed by atoms with E-state index in [1.54, 1.807) is 19.9 Å². The molecule has 0 unspecified atom stereocenters. The molecular formula is C13H10FN3O. The Kier molecular flexibility index (Phi) is 2.94. The van der Waals surface area contributed by atoms with Crippen molar-refractivity contribution in [3.63, 3.8) is 0 Å². The summed E-state index contributed by atoms with van der Waals surface area (Å²) < 4.78 is 14.9. The van der Waals surface area contributed by atoms with Crippen LogP contribution in [0.4, 0.5) is 4.39 Å². The van der Waals surface area contributed by atoms with Crippen LogP contribution in [0.15, 0.2) is 29.1 Å². The van der Waals surface area contributed by atoms with Gasteiger partial charge in [0.05, 0.1) is 17.3 Å². The van der Waals surface area contributed by atoms with Gasteiger partial charge in [-0.15, -0.1) is 0 Å². The highest BCUT2D eigenvalue weighted by molar-refractivity contribution is 5.46. The van der Waals surface area contributed by atoms with Crippen LogP contribution >= 0.6 is 0 Å². The molecule has 0 N–H and O–H groups in total. The summed E-state index contributed by atoms with van der Waals surface area (Å²) in [5, 5.41) is 12.8. The number of nitrogens with zero attached hydrogens (tertiary/aromatic N) is 3. The minimum absolute atomic E-state index is 0.0557. The Morgan fingerprint density at radius 2 is 2.06 bits per heavy atom. The van der Waals surface area contributed by atoms with Crippen molar-refractivity contribution in [2.45, 2.75) is 13.8 Å². The minimum atomic E-state index is -0.641. The number of benzene rings is 1. The van der Waals surface area contributed by atoms with Crippen LogP contribution in [-0.2, 0) is 0 Å². The van der Waals surface area contributed by atoms with Gasteiger partial charge in [-0.3, -0.25) is 4.79 Å². The van der Waals surface area contributed by atoms with Crippen LogP contribution in [0.3, 0.4) is 0 Å². The van der Waals surface area contributed by atoms with Crippen LogP contribution in [0, 0.1) is 31.0 Å². The zero-order valence-electron chi connectivity index (χ0n) is 9.94. The molecule has 0 bridgehead atoms. The van der Waals surface area contributed by atoms with Crippen LogP contribution in [0.2, 0.25) is 0 Å². The van der Waals surface area contributed by atoms with Gasteiger partial charge in [-0.05, 0) is 37.6 Å². The highest BCUT2D eigenvalue weighted by Gasteiger charge is 2.11. The molecule has 0 fully saturated rings. The van der Waals surface area contributed by atoms with Gasteiger partial charge in [0.1, 0.15) is 11.5 Å². The molecule has 0 saturated carbocycles. The fourth-order valence-electron chi connectivity index (χ4n) is 1.62. The molecule has 1 aromatic heterocycles. The second-order valence-electron chi connectivity index (χ2n) is 3.96. The molecule has 1 heterocycles. The van der Waals surface area contributed by atoms with Crippen molar-refractivity contribution in [3.8, 4) is 11.8 Å². The quantitative estimate of drug-likeness (QED) is 0.768. The number of aromatic nitrogens is 2. The fraction of sp³-hybridized carbons (Fsp3) is 0.154. The van der Waals surface area contributed by atoms with Gasteiger partial charge in [0, 0.05) is 6.07 Å². The molecule has 0 radical (unpaired) electrons. The predicted octanol–water partition coefficient (Wildman–Crippen LogP) is 1.86. The topological polar surface area (TPSA) is 58.7 Å². The third-order valence-corrected chi connectivity index (χ3v) is 2.58. The lowest BCUT2D eigenvalue weighted by Crippen LogP contribution is -2.21. The molecule has 2 aromatic rings. The summed E-state index contributed by atoms with van der Waals surface area (Å²) in [7, 11) is 0. The SMILES string of the molecule is Cc1ccc(=O)n(-c2cc(C)c(C#N)cc2F)n1. The highest BCUT2D eigenvalue weighted by Crippen LogP contribution is 2.16. The average molecular weight is 243 g/mol. The maximum atomic E-state index is 13.9. The minimum Gasteiger partial charge on any atom is -0.267 e. The number of halogens is 1. The molecule has 90 valence electrons. The van der Waals surface area contributed by atoms with Crippen molar-refractivity contribution in [1.82, 2.24) is 9.78 Å². The number of rotatable bonds is 1. The molecule has 0 aliphatic carbocycles. The van der Waals surface area contributed by atoms with Crippen molar-refractivity contribution in [2.75, 3.05) is 0 Å². The molecule has 2 rings (SSSR count). The van der Waals surface area contributed by atoms with Gasteiger partial charge >= 0.3 is 0 Å². The van der Waals surface area contributed by atoms with Crippen LogP contribution < -0.4 is 5.56 Å². The molecule has 4 nitrogen and oxygen atoms in total. The third kappa shape index (κ3) is 2.00. The Morgan fingerprint density at radius 3 is 2.72 bits per heavy atom. The zero-order valence-corrected chi connectivity index (χ0v) is 9.94. The summed E-state index contributed by atoms with van der Waals surface area (Å²) in [6.07, 6.45) is 0. The highest BCUT2D eigenvalue weighted by atomic mass is 19.1. The maximum Gasteiger partial charge on any atom is 0.271 e. The molecule has 0 amide bonds. The molecule has 1 aromatic carbocycles. The largest absolute Gasteiger partial charge is 0.271 e. The van der Waals surface area contributed by atoms with Crippen LogP contribution in [0.5, 0.6) is 0 Å². The summed E-state index contributed by atoms with van der Waals surface area (Å²) in [5.74, 6) is -0.641. The Hall–Kier alpha value is -2.48. The van der Waals surface area contributed by atoms with E-state index in [1.807, 2.05) is 6.07 Å². The van der Waals surface area contributed by atoms with Gasteiger partial charge in [-0.1, -0.05) is 0 Å². The molecule has 5 heteroatoms. The molecular weight excluding hydrogens is 233 g/mol. The number of hydrogen-bond acceptors (Lipinski definition) is 3. The standard InChI is InChI=1S/C13H10FN3O/c1-8-5-12(11(14)6-10(8)7-15)17-13(18)4-3-9(2)16-17/h3-6H,1-2H3. The fourth-order valence-corrected chi connectivity index (χ4v) is 1.62. The third-order valence-electron chi connectivity index (χ3n) is 2.58. The molecule has 0 atom stereocenters. The van der Waals surface area contributed by atoms with Crippen molar-refractivity contribution >= 4 is 0 Å². The smallest absolute Gasteiger partial charge is 0.267 e. The Balaban J connectivity index is 2.73. The van der Waals surface area contributed by atoms with Gasteiger partial charge in [-0.25, -0.2) is 4.39 Å². The molecule has 0 spiro atoms. The van der Waals surface area contributed by atoms with Crippen LogP contribution in [-0.4, -0.2) is 9.78 Å². The van der Waals surface area contributed by atoms with E-state index in [1.165, 1.54) is 12.1 Å². The first-order valence-corrected chi connectivity index (χ1v) is 5.30. The van der Waals surface area contributed by atoms with E-state index in [9.17, 15) is 9.18 Å². The van der Waals surface area contributed by atoms with Gasteiger partial charge in [0.25, 0.3) is 5.56 Å². The van der Waals surface area contributed by atoms with E-state index in [2.05, 4.69) is 5.10 Å². The zero-order chi connectivity index (χ0) is 13.3. The lowest BCUT2D eigenvalue weighted by Gasteiger charge is -2.08. The summed E-state index contributed by atoms with van der Waals surface area (Å²) in [6, 6.07) is 7.34. The Labute approximate surface area is 103 Å². The van der Waals surface area contributed by atoms with E-state index in [0.717, 1.165) is 10.7 Å². The molecule has 0 aliphatic rings. The molecule has 0 aliphatic heterocycles. The van der Waals surface area contributed by atoms with E-state index in [-0.39, 0.29) is 11.3 Å². The lowest BCUT2D eigenvalue weighted by atomic mass is 10.1. The normalized spacial score (nSPS) is 10.1. The number of hydrogen-bond donors (Lipinski definition) is 0. The summed E-state index contributed by atoms with van der Waals surface area (Å²) in [4.78, 5) is 11.7. The lowest BCUT2D eigenvalue weighted by molar-refractivity contribution is 0.602. The van der Waals surface area contributed by atoms with Crippen molar-refractivity contribution in [2.24, 2.45) is 0 Å². The van der Waals surface area contributed by atoms with E-state index >= 15 is 0 Å². The predicted molar refractivity (Wildman–Crippen MR) is 64.0 cm³/mol. The van der Waals surface area contributed by atoms with Crippen molar-refractivity contribution in [3.05, 3.63) is 57.3 Å². The molecule has 18 heavy (non-hydrogen) atoms. The van der Waals surface area contributed by atoms with Gasteiger partial charge < -0.3 is 0 Å². The number of aryl methyl sites for hydroxylation is 2. The summed E-state index contributed by atoms with van der Waals surface area (Å²) in [5.41, 5.74) is 1.10. The van der Waals surface area contributed by atoms with Gasteiger partial charge in [-0.2, -0.15) is 15.0 Å². The Bertz CT molecular complexity index is 713. The summed E-state index contributed by atoms with van der Waals surface area (Å²) >= 11 is 0.